The Labute approximate surface area is 134 Å². The van der Waals surface area contributed by atoms with Crippen LogP contribution in [0.1, 0.15) is 28.9 Å². The van der Waals surface area contributed by atoms with Crippen molar-refractivity contribution in [2.24, 2.45) is 5.92 Å². The minimum Gasteiger partial charge on any atom is -0.485 e. The van der Waals surface area contributed by atoms with E-state index in [0.29, 0.717) is 24.8 Å². The molecule has 0 amide bonds. The zero-order valence-corrected chi connectivity index (χ0v) is 12.9. The number of carboxylic acids is 1. The maximum atomic E-state index is 11.6. The standard InChI is InChI=1S/C17H20N2O4/c20-17(21)16-15(23-12-14-4-2-1-3-5-14)10-18-19(16)11-13-6-8-22-9-7-13/h1-5,10,13H,6-9,11-12H2,(H,20,21). The van der Waals surface area contributed by atoms with Gasteiger partial charge in [0, 0.05) is 19.8 Å². The second kappa shape index (κ2) is 7.28. The summed E-state index contributed by atoms with van der Waals surface area (Å²) in [6.45, 7) is 2.36. The van der Waals surface area contributed by atoms with Gasteiger partial charge in [-0.2, -0.15) is 5.10 Å². The highest BCUT2D eigenvalue weighted by Gasteiger charge is 2.23. The van der Waals surface area contributed by atoms with Crippen molar-refractivity contribution >= 4 is 5.97 Å². The summed E-state index contributed by atoms with van der Waals surface area (Å²) < 4.78 is 12.5. The summed E-state index contributed by atoms with van der Waals surface area (Å²) in [5, 5.41) is 13.7. The molecule has 1 aliphatic heterocycles. The highest BCUT2D eigenvalue weighted by molar-refractivity contribution is 5.88. The lowest BCUT2D eigenvalue weighted by atomic mass is 10.0. The van der Waals surface area contributed by atoms with E-state index in [-0.39, 0.29) is 5.69 Å². The Kier molecular flexibility index (Phi) is 4.92. The summed E-state index contributed by atoms with van der Waals surface area (Å²) in [6, 6.07) is 9.65. The first-order chi connectivity index (χ1) is 11.2. The molecule has 0 atom stereocenters. The van der Waals surface area contributed by atoms with E-state index in [2.05, 4.69) is 5.10 Å². The monoisotopic (exact) mass is 316 g/mol. The van der Waals surface area contributed by atoms with E-state index in [1.54, 1.807) is 4.68 Å². The Bertz CT molecular complexity index is 648. The molecule has 1 N–H and O–H groups in total. The molecule has 1 fully saturated rings. The molecule has 0 saturated carbocycles. The Morgan fingerprint density at radius 2 is 2.04 bits per heavy atom. The molecule has 1 aromatic heterocycles. The quantitative estimate of drug-likeness (QED) is 0.886. The van der Waals surface area contributed by atoms with Crippen LogP contribution in [0.5, 0.6) is 5.75 Å². The maximum Gasteiger partial charge on any atom is 0.358 e. The number of carboxylic acid groups (broad SMARTS) is 1. The largest absolute Gasteiger partial charge is 0.485 e. The van der Waals surface area contributed by atoms with Crippen molar-refractivity contribution in [3.05, 3.63) is 47.8 Å². The number of aromatic nitrogens is 2. The highest BCUT2D eigenvalue weighted by Crippen LogP contribution is 2.23. The van der Waals surface area contributed by atoms with Crippen molar-refractivity contribution < 1.29 is 19.4 Å². The molecule has 6 nitrogen and oxygen atoms in total. The predicted octanol–water partition coefficient (Wildman–Crippen LogP) is 2.59. The molecule has 0 unspecified atom stereocenters. The van der Waals surface area contributed by atoms with Crippen LogP contribution in [0.15, 0.2) is 36.5 Å². The van der Waals surface area contributed by atoms with Crippen LogP contribution in [0, 0.1) is 5.92 Å². The van der Waals surface area contributed by atoms with Crippen molar-refractivity contribution in [2.75, 3.05) is 13.2 Å². The summed E-state index contributed by atoms with van der Waals surface area (Å²) in [5.74, 6) is -0.310. The van der Waals surface area contributed by atoms with E-state index in [1.165, 1.54) is 6.20 Å². The third-order valence-electron chi connectivity index (χ3n) is 4.02. The number of hydrogen-bond donors (Lipinski definition) is 1. The first-order valence-electron chi connectivity index (χ1n) is 7.77. The highest BCUT2D eigenvalue weighted by atomic mass is 16.5. The van der Waals surface area contributed by atoms with Crippen LogP contribution in [0.3, 0.4) is 0 Å². The third-order valence-corrected chi connectivity index (χ3v) is 4.02. The molecule has 6 heteroatoms. The molecule has 0 bridgehead atoms. The van der Waals surface area contributed by atoms with Gasteiger partial charge in [0.2, 0.25) is 0 Å². The number of rotatable bonds is 6. The van der Waals surface area contributed by atoms with Gasteiger partial charge in [-0.05, 0) is 24.3 Å². The average molecular weight is 316 g/mol. The maximum absolute atomic E-state index is 11.6. The van der Waals surface area contributed by atoms with E-state index in [9.17, 15) is 9.90 Å². The van der Waals surface area contributed by atoms with Crippen LogP contribution < -0.4 is 4.74 Å². The number of aromatic carboxylic acids is 1. The Balaban J connectivity index is 1.71. The van der Waals surface area contributed by atoms with Crippen molar-refractivity contribution in [3.8, 4) is 5.75 Å². The SMILES string of the molecule is O=C(O)c1c(OCc2ccccc2)cnn1CC1CCOCC1. The van der Waals surface area contributed by atoms with Gasteiger partial charge in [0.15, 0.2) is 11.4 Å². The van der Waals surface area contributed by atoms with Gasteiger partial charge in [-0.25, -0.2) is 4.79 Å². The molecule has 0 aliphatic carbocycles. The van der Waals surface area contributed by atoms with Gasteiger partial charge in [0.05, 0.1) is 6.20 Å². The Morgan fingerprint density at radius 1 is 1.30 bits per heavy atom. The molecule has 2 heterocycles. The van der Waals surface area contributed by atoms with Crippen molar-refractivity contribution in [1.82, 2.24) is 9.78 Å². The lowest BCUT2D eigenvalue weighted by molar-refractivity contribution is 0.0578. The predicted molar refractivity (Wildman–Crippen MR) is 83.5 cm³/mol. The van der Waals surface area contributed by atoms with Crippen LogP contribution in [0.4, 0.5) is 0 Å². The molecule has 3 rings (SSSR count). The number of benzene rings is 1. The Hall–Kier alpha value is -2.34. The van der Waals surface area contributed by atoms with Crippen LogP contribution in [0.2, 0.25) is 0 Å². The van der Waals surface area contributed by atoms with E-state index in [1.807, 2.05) is 30.3 Å². The third kappa shape index (κ3) is 3.90. The topological polar surface area (TPSA) is 73.6 Å². The number of carbonyl (C=O) groups is 1. The van der Waals surface area contributed by atoms with Gasteiger partial charge in [-0.3, -0.25) is 4.68 Å². The van der Waals surface area contributed by atoms with Crippen LogP contribution in [-0.2, 0) is 17.9 Å². The smallest absolute Gasteiger partial charge is 0.358 e. The molecule has 2 aromatic rings. The molecule has 0 spiro atoms. The average Bonchev–Trinajstić information content (AvgIpc) is 2.98. The molecule has 1 saturated heterocycles. The number of nitrogens with zero attached hydrogens (tertiary/aromatic N) is 2. The molecular formula is C17H20N2O4. The van der Waals surface area contributed by atoms with E-state index in [0.717, 1.165) is 31.6 Å². The van der Waals surface area contributed by atoms with Crippen LogP contribution in [-0.4, -0.2) is 34.1 Å². The lowest BCUT2D eigenvalue weighted by Crippen LogP contribution is -2.23. The van der Waals surface area contributed by atoms with Crippen molar-refractivity contribution in [2.45, 2.75) is 26.0 Å². The van der Waals surface area contributed by atoms with Gasteiger partial charge in [0.1, 0.15) is 6.61 Å². The summed E-state index contributed by atoms with van der Waals surface area (Å²) in [4.78, 5) is 11.6. The van der Waals surface area contributed by atoms with Crippen LogP contribution in [0.25, 0.3) is 0 Å². The summed E-state index contributed by atoms with van der Waals surface area (Å²) >= 11 is 0. The van der Waals surface area contributed by atoms with E-state index < -0.39 is 5.97 Å². The van der Waals surface area contributed by atoms with Gasteiger partial charge in [-0.15, -0.1) is 0 Å². The molecular weight excluding hydrogens is 296 g/mol. The normalized spacial score (nSPS) is 15.5. The summed E-state index contributed by atoms with van der Waals surface area (Å²) in [5.41, 5.74) is 1.11. The first-order valence-corrected chi connectivity index (χ1v) is 7.77. The molecule has 1 aromatic carbocycles. The van der Waals surface area contributed by atoms with E-state index >= 15 is 0 Å². The van der Waals surface area contributed by atoms with Crippen LogP contribution >= 0.6 is 0 Å². The van der Waals surface area contributed by atoms with Crippen molar-refractivity contribution in [1.29, 1.82) is 0 Å². The fourth-order valence-electron chi connectivity index (χ4n) is 2.74. The van der Waals surface area contributed by atoms with Crippen molar-refractivity contribution in [3.63, 3.8) is 0 Å². The molecule has 0 radical (unpaired) electrons. The van der Waals surface area contributed by atoms with Gasteiger partial charge in [-0.1, -0.05) is 30.3 Å². The minimum atomic E-state index is -1.02. The fraction of sp³-hybridized carbons (Fsp3) is 0.412. The lowest BCUT2D eigenvalue weighted by Gasteiger charge is -2.22. The molecule has 1 aliphatic rings. The van der Waals surface area contributed by atoms with E-state index in [4.69, 9.17) is 9.47 Å². The first kappa shape index (κ1) is 15.6. The second-order valence-electron chi connectivity index (χ2n) is 5.67. The van der Waals surface area contributed by atoms with Gasteiger partial charge < -0.3 is 14.6 Å². The second-order valence-corrected chi connectivity index (χ2v) is 5.67. The molecule has 23 heavy (non-hydrogen) atoms. The zero-order valence-electron chi connectivity index (χ0n) is 12.9. The summed E-state index contributed by atoms with van der Waals surface area (Å²) in [6.07, 6.45) is 3.35. The van der Waals surface area contributed by atoms with Gasteiger partial charge >= 0.3 is 5.97 Å². The number of hydrogen-bond acceptors (Lipinski definition) is 4. The Morgan fingerprint density at radius 3 is 2.74 bits per heavy atom. The fourth-order valence-corrected chi connectivity index (χ4v) is 2.74. The number of ether oxygens (including phenoxy) is 2. The van der Waals surface area contributed by atoms with Gasteiger partial charge in [0.25, 0.3) is 0 Å². The minimum absolute atomic E-state index is 0.118. The summed E-state index contributed by atoms with van der Waals surface area (Å²) in [7, 11) is 0. The molecule has 122 valence electrons. The zero-order chi connectivity index (χ0) is 16.1.